The highest BCUT2D eigenvalue weighted by Crippen LogP contribution is 2.34. The zero-order valence-corrected chi connectivity index (χ0v) is 24.4. The average molecular weight is 592 g/mol. The minimum absolute atomic E-state index is 0.181. The van der Waals surface area contributed by atoms with Gasteiger partial charge < -0.3 is 15.1 Å². The van der Waals surface area contributed by atoms with Gasteiger partial charge in [0.2, 0.25) is 11.8 Å². The number of imide groups is 1. The van der Waals surface area contributed by atoms with Gasteiger partial charge in [0.15, 0.2) is 0 Å². The molecule has 1 aliphatic rings. The normalized spacial score (nSPS) is 12.4. The van der Waals surface area contributed by atoms with Crippen LogP contribution in [-0.2, 0) is 0 Å². The minimum atomic E-state index is -0.297. The van der Waals surface area contributed by atoms with E-state index in [9.17, 15) is 9.59 Å². The second kappa shape index (κ2) is 11.9. The van der Waals surface area contributed by atoms with Crippen molar-refractivity contribution < 1.29 is 14.0 Å². The largest absolute Gasteiger partial charge is 0.416 e. The summed E-state index contributed by atoms with van der Waals surface area (Å²) in [5.41, 5.74) is 6.85. The molecule has 7 rings (SSSR count). The standard InChI is InChI=1S/C37H29N5O3/c1-2-23-42-36(43)30-10-6-9-29-32(20-19-31(33(29)30)37(42)44)39-22-21-38-28-17-15-27(16-18-28)35-41-40-34(45-35)26-13-11-25(12-14-26)24-7-4-3-5-8-24/h2-20,38-39H,1,21-23H2. The fourth-order valence-corrected chi connectivity index (χ4v) is 5.62. The van der Waals surface area contributed by atoms with Gasteiger partial charge in [0.1, 0.15) is 0 Å². The molecule has 0 aliphatic carbocycles. The Bertz CT molecular complexity index is 2010. The minimum Gasteiger partial charge on any atom is -0.416 e. The predicted molar refractivity (Wildman–Crippen MR) is 177 cm³/mol. The van der Waals surface area contributed by atoms with Crippen LogP contribution in [0.3, 0.4) is 0 Å². The molecule has 8 nitrogen and oxygen atoms in total. The lowest BCUT2D eigenvalue weighted by Crippen LogP contribution is -2.40. The number of nitrogens with one attached hydrogen (secondary N) is 2. The van der Waals surface area contributed by atoms with Crippen molar-refractivity contribution in [1.29, 1.82) is 0 Å². The number of carbonyl (C=O) groups excluding carboxylic acids is 2. The smallest absolute Gasteiger partial charge is 0.261 e. The van der Waals surface area contributed by atoms with Gasteiger partial charge in [0.05, 0.1) is 0 Å². The van der Waals surface area contributed by atoms with E-state index >= 15 is 0 Å². The first-order valence-corrected chi connectivity index (χ1v) is 14.7. The number of hydrogen-bond acceptors (Lipinski definition) is 7. The van der Waals surface area contributed by atoms with Gasteiger partial charge in [-0.25, -0.2) is 0 Å². The van der Waals surface area contributed by atoms with Crippen molar-refractivity contribution in [3.8, 4) is 34.0 Å². The lowest BCUT2D eigenvalue weighted by molar-refractivity contribution is 0.0629. The lowest BCUT2D eigenvalue weighted by atomic mass is 9.93. The van der Waals surface area contributed by atoms with Crippen LogP contribution in [0.15, 0.2) is 126 Å². The number of anilines is 2. The lowest BCUT2D eigenvalue weighted by Gasteiger charge is -2.27. The third-order valence-corrected chi connectivity index (χ3v) is 7.87. The van der Waals surface area contributed by atoms with Gasteiger partial charge >= 0.3 is 0 Å². The molecule has 0 spiro atoms. The maximum absolute atomic E-state index is 13.0. The first kappa shape index (κ1) is 27.8. The molecular formula is C37H29N5O3. The molecule has 5 aromatic carbocycles. The number of nitrogens with zero attached hydrogens (tertiary/aromatic N) is 3. The maximum Gasteiger partial charge on any atom is 0.261 e. The highest BCUT2D eigenvalue weighted by molar-refractivity contribution is 6.26. The van der Waals surface area contributed by atoms with Gasteiger partial charge in [-0.15, -0.1) is 16.8 Å². The molecule has 0 fully saturated rings. The van der Waals surface area contributed by atoms with E-state index in [1.807, 2.05) is 72.8 Å². The molecule has 220 valence electrons. The van der Waals surface area contributed by atoms with Crippen LogP contribution in [0.2, 0.25) is 0 Å². The van der Waals surface area contributed by atoms with E-state index in [4.69, 9.17) is 4.42 Å². The van der Waals surface area contributed by atoms with Crippen molar-refractivity contribution in [3.05, 3.63) is 133 Å². The zero-order chi connectivity index (χ0) is 30.8. The molecule has 8 heteroatoms. The van der Waals surface area contributed by atoms with Crippen LogP contribution in [0.5, 0.6) is 0 Å². The first-order chi connectivity index (χ1) is 22.1. The fourth-order valence-electron chi connectivity index (χ4n) is 5.62. The Kier molecular flexibility index (Phi) is 7.37. The SMILES string of the molecule is C=CCN1C(=O)c2cccc3c(NCCNc4ccc(-c5nnc(-c6ccc(-c7ccccc7)cc6)o5)cc4)ccc(c23)C1=O. The molecule has 0 radical (unpaired) electrons. The van der Waals surface area contributed by atoms with Crippen molar-refractivity contribution >= 4 is 34.0 Å². The summed E-state index contributed by atoms with van der Waals surface area (Å²) >= 11 is 0. The third-order valence-electron chi connectivity index (χ3n) is 7.87. The van der Waals surface area contributed by atoms with Crippen molar-refractivity contribution in [2.24, 2.45) is 0 Å². The molecule has 2 heterocycles. The Morgan fingerprint density at radius 2 is 1.24 bits per heavy atom. The summed E-state index contributed by atoms with van der Waals surface area (Å²) in [6, 6.07) is 35.4. The van der Waals surface area contributed by atoms with Crippen LogP contribution >= 0.6 is 0 Å². The first-order valence-electron chi connectivity index (χ1n) is 14.7. The molecule has 1 aromatic heterocycles. The molecule has 6 aromatic rings. The van der Waals surface area contributed by atoms with Crippen LogP contribution < -0.4 is 10.6 Å². The maximum atomic E-state index is 13.0. The van der Waals surface area contributed by atoms with Gasteiger partial charge in [0.25, 0.3) is 11.8 Å². The second-order valence-corrected chi connectivity index (χ2v) is 10.7. The Hall–Kier alpha value is -6.02. The Morgan fingerprint density at radius 3 is 1.93 bits per heavy atom. The molecule has 2 amide bonds. The van der Waals surface area contributed by atoms with E-state index in [2.05, 4.69) is 51.7 Å². The van der Waals surface area contributed by atoms with Gasteiger partial charge in [-0.3, -0.25) is 14.5 Å². The molecule has 0 atom stereocenters. The zero-order valence-electron chi connectivity index (χ0n) is 24.4. The number of carbonyl (C=O) groups is 2. The molecule has 45 heavy (non-hydrogen) atoms. The number of hydrogen-bond donors (Lipinski definition) is 2. The molecule has 1 aliphatic heterocycles. The molecule has 0 bridgehead atoms. The summed E-state index contributed by atoms with van der Waals surface area (Å²) in [5, 5.41) is 16.9. The van der Waals surface area contributed by atoms with Gasteiger partial charge in [-0.05, 0) is 65.7 Å². The molecular weight excluding hydrogens is 562 g/mol. The van der Waals surface area contributed by atoms with E-state index in [1.54, 1.807) is 18.2 Å². The second-order valence-electron chi connectivity index (χ2n) is 10.7. The highest BCUT2D eigenvalue weighted by Gasteiger charge is 2.32. The van der Waals surface area contributed by atoms with E-state index < -0.39 is 0 Å². The van der Waals surface area contributed by atoms with Gasteiger partial charge in [0, 0.05) is 64.0 Å². The molecule has 0 unspecified atom stereocenters. The summed E-state index contributed by atoms with van der Waals surface area (Å²) in [7, 11) is 0. The van der Waals surface area contributed by atoms with Crippen LogP contribution in [0.1, 0.15) is 20.7 Å². The summed E-state index contributed by atoms with van der Waals surface area (Å²) < 4.78 is 5.98. The van der Waals surface area contributed by atoms with Crippen molar-refractivity contribution in [2.75, 3.05) is 30.3 Å². The average Bonchev–Trinajstić information content (AvgIpc) is 3.59. The third kappa shape index (κ3) is 5.34. The van der Waals surface area contributed by atoms with Gasteiger partial charge in [-0.2, -0.15) is 0 Å². The molecule has 0 saturated carbocycles. The van der Waals surface area contributed by atoms with Crippen LogP contribution in [-0.4, -0.2) is 46.5 Å². The van der Waals surface area contributed by atoms with E-state index in [0.29, 0.717) is 41.4 Å². The quantitative estimate of drug-likeness (QED) is 0.0965. The Morgan fingerprint density at radius 1 is 0.644 bits per heavy atom. The summed E-state index contributed by atoms with van der Waals surface area (Å²) in [4.78, 5) is 27.2. The Labute approximate surface area is 260 Å². The van der Waals surface area contributed by atoms with E-state index in [0.717, 1.165) is 39.0 Å². The number of amides is 2. The van der Waals surface area contributed by atoms with Crippen molar-refractivity contribution in [2.45, 2.75) is 0 Å². The van der Waals surface area contributed by atoms with E-state index in [1.165, 1.54) is 4.90 Å². The molecule has 0 saturated heterocycles. The summed E-state index contributed by atoms with van der Waals surface area (Å²) in [6.45, 7) is 5.13. The van der Waals surface area contributed by atoms with Crippen LogP contribution in [0.4, 0.5) is 11.4 Å². The van der Waals surface area contributed by atoms with Gasteiger partial charge in [-0.1, -0.05) is 60.7 Å². The van der Waals surface area contributed by atoms with Crippen molar-refractivity contribution in [3.63, 3.8) is 0 Å². The Balaban J connectivity index is 0.975. The number of rotatable bonds is 10. The van der Waals surface area contributed by atoms with E-state index in [-0.39, 0.29) is 18.4 Å². The number of aromatic nitrogens is 2. The number of benzene rings is 5. The van der Waals surface area contributed by atoms with Crippen LogP contribution in [0.25, 0.3) is 44.8 Å². The predicted octanol–water partition coefficient (Wildman–Crippen LogP) is 7.53. The topological polar surface area (TPSA) is 100 Å². The summed E-state index contributed by atoms with van der Waals surface area (Å²) in [5.74, 6) is 0.334. The monoisotopic (exact) mass is 591 g/mol. The van der Waals surface area contributed by atoms with Crippen LogP contribution in [0, 0.1) is 0 Å². The van der Waals surface area contributed by atoms with Crippen molar-refractivity contribution in [1.82, 2.24) is 15.1 Å². The highest BCUT2D eigenvalue weighted by atomic mass is 16.4. The summed E-state index contributed by atoms with van der Waals surface area (Å²) in [6.07, 6.45) is 1.56. The molecule has 2 N–H and O–H groups in total. The fraction of sp³-hybridized carbons (Fsp3) is 0.0811.